The Morgan fingerprint density at radius 3 is 2.56 bits per heavy atom. The summed E-state index contributed by atoms with van der Waals surface area (Å²) in [7, 11) is 0. The van der Waals surface area contributed by atoms with E-state index in [1.807, 2.05) is 44.3 Å². The fraction of sp³-hybridized carbons (Fsp3) is 0.381. The van der Waals surface area contributed by atoms with Crippen LogP contribution in [0.2, 0.25) is 0 Å². The van der Waals surface area contributed by atoms with Gasteiger partial charge < -0.3 is 10.6 Å². The highest BCUT2D eigenvalue weighted by atomic mass is 19.1. The number of nitrogens with zero attached hydrogens (tertiary/aromatic N) is 1. The van der Waals surface area contributed by atoms with Crippen molar-refractivity contribution in [1.29, 1.82) is 0 Å². The van der Waals surface area contributed by atoms with Crippen molar-refractivity contribution >= 4 is 0 Å². The first-order valence-electron chi connectivity index (χ1n) is 8.93. The average Bonchev–Trinajstić information content (AvgIpc) is 3.01. The molecule has 1 aromatic heterocycles. The molecule has 3 nitrogen and oxygen atoms in total. The molecule has 3 rings (SSSR count). The maximum atomic E-state index is 14.7. The molecule has 0 amide bonds. The lowest BCUT2D eigenvalue weighted by Crippen LogP contribution is -2.20. The van der Waals surface area contributed by atoms with E-state index in [1.165, 1.54) is 5.70 Å². The van der Waals surface area contributed by atoms with Crippen molar-refractivity contribution in [3.05, 3.63) is 65.0 Å². The van der Waals surface area contributed by atoms with Gasteiger partial charge in [-0.2, -0.15) is 0 Å². The number of rotatable bonds is 5. The topological polar surface area (TPSA) is 37.0 Å². The SMILES string of the molecule is CCC1CC(NC(C)c2ccc(-c3cc(C)nc(C)c3)c(F)c2)=CN1. The summed E-state index contributed by atoms with van der Waals surface area (Å²) in [5.41, 5.74) is 5.44. The summed E-state index contributed by atoms with van der Waals surface area (Å²) in [5.74, 6) is -0.193. The quantitative estimate of drug-likeness (QED) is 0.824. The molecule has 132 valence electrons. The Morgan fingerprint density at radius 1 is 1.24 bits per heavy atom. The van der Waals surface area contributed by atoms with Crippen molar-refractivity contribution in [1.82, 2.24) is 15.6 Å². The fourth-order valence-corrected chi connectivity index (χ4v) is 3.35. The lowest BCUT2D eigenvalue weighted by molar-refractivity contribution is 0.568. The summed E-state index contributed by atoms with van der Waals surface area (Å²) in [5, 5.41) is 6.85. The Kier molecular flexibility index (Phi) is 5.07. The molecule has 0 bridgehead atoms. The first-order valence-corrected chi connectivity index (χ1v) is 8.93. The van der Waals surface area contributed by atoms with Crippen LogP contribution in [0.3, 0.4) is 0 Å². The minimum Gasteiger partial charge on any atom is -0.386 e. The highest BCUT2D eigenvalue weighted by Crippen LogP contribution is 2.27. The third-order valence-corrected chi connectivity index (χ3v) is 4.74. The number of aryl methyl sites for hydroxylation is 2. The van der Waals surface area contributed by atoms with E-state index < -0.39 is 0 Å². The van der Waals surface area contributed by atoms with Crippen LogP contribution in [-0.4, -0.2) is 11.0 Å². The van der Waals surface area contributed by atoms with Gasteiger partial charge in [0.15, 0.2) is 0 Å². The van der Waals surface area contributed by atoms with Gasteiger partial charge in [0.05, 0.1) is 0 Å². The molecule has 2 heterocycles. The zero-order valence-electron chi connectivity index (χ0n) is 15.4. The summed E-state index contributed by atoms with van der Waals surface area (Å²) in [6.07, 6.45) is 4.14. The standard InChI is InChI=1S/C21H26FN3/c1-5-18-11-19(12-23-18)25-15(4)16-6-7-20(21(22)10-16)17-8-13(2)24-14(3)9-17/h6-10,12,15,18,23,25H,5,11H2,1-4H3. The number of nitrogens with one attached hydrogen (secondary N) is 2. The summed E-state index contributed by atoms with van der Waals surface area (Å²) < 4.78 is 14.7. The Bertz CT molecular complexity index is 777. The van der Waals surface area contributed by atoms with Gasteiger partial charge in [0, 0.05) is 47.4 Å². The van der Waals surface area contributed by atoms with Gasteiger partial charge in [0.25, 0.3) is 0 Å². The van der Waals surface area contributed by atoms with E-state index >= 15 is 0 Å². The lowest BCUT2D eigenvalue weighted by Gasteiger charge is -2.18. The lowest BCUT2D eigenvalue weighted by atomic mass is 10.00. The van der Waals surface area contributed by atoms with E-state index in [2.05, 4.69) is 29.5 Å². The second kappa shape index (κ2) is 7.26. The van der Waals surface area contributed by atoms with Crippen molar-refractivity contribution in [3.63, 3.8) is 0 Å². The minimum absolute atomic E-state index is 0.0631. The molecule has 0 fully saturated rings. The molecule has 2 unspecified atom stereocenters. The van der Waals surface area contributed by atoms with Crippen LogP contribution in [0.1, 0.15) is 49.7 Å². The third-order valence-electron chi connectivity index (χ3n) is 4.74. The van der Waals surface area contributed by atoms with E-state index in [-0.39, 0.29) is 11.9 Å². The Balaban J connectivity index is 1.77. The minimum atomic E-state index is -0.193. The molecule has 25 heavy (non-hydrogen) atoms. The summed E-state index contributed by atoms with van der Waals surface area (Å²) in [6, 6.07) is 9.92. The molecule has 1 aromatic carbocycles. The Labute approximate surface area is 149 Å². The molecule has 2 N–H and O–H groups in total. The summed E-state index contributed by atoms with van der Waals surface area (Å²) in [4.78, 5) is 4.36. The summed E-state index contributed by atoms with van der Waals surface area (Å²) in [6.45, 7) is 8.10. The van der Waals surface area contributed by atoms with Crippen LogP contribution in [0.5, 0.6) is 0 Å². The van der Waals surface area contributed by atoms with E-state index in [0.717, 1.165) is 35.4 Å². The smallest absolute Gasteiger partial charge is 0.131 e. The number of halogens is 1. The Morgan fingerprint density at radius 2 is 1.96 bits per heavy atom. The van der Waals surface area contributed by atoms with Gasteiger partial charge in [-0.3, -0.25) is 4.98 Å². The monoisotopic (exact) mass is 339 g/mol. The number of pyridine rings is 1. The van der Waals surface area contributed by atoms with Crippen molar-refractivity contribution in [2.45, 2.75) is 52.6 Å². The molecule has 0 radical (unpaired) electrons. The molecule has 0 spiro atoms. The second-order valence-electron chi connectivity index (χ2n) is 6.89. The number of benzene rings is 1. The first kappa shape index (κ1) is 17.5. The van der Waals surface area contributed by atoms with Gasteiger partial charge in [-0.1, -0.05) is 19.1 Å². The zero-order chi connectivity index (χ0) is 18.0. The van der Waals surface area contributed by atoms with Gasteiger partial charge in [-0.15, -0.1) is 0 Å². The maximum absolute atomic E-state index is 14.7. The zero-order valence-corrected chi connectivity index (χ0v) is 15.4. The van der Waals surface area contributed by atoms with Gasteiger partial charge in [0.1, 0.15) is 5.82 Å². The predicted molar refractivity (Wildman–Crippen MR) is 101 cm³/mol. The van der Waals surface area contributed by atoms with Crippen molar-refractivity contribution in [2.24, 2.45) is 0 Å². The summed E-state index contributed by atoms with van der Waals surface area (Å²) >= 11 is 0. The van der Waals surface area contributed by atoms with Gasteiger partial charge in [-0.25, -0.2) is 4.39 Å². The first-order chi connectivity index (χ1) is 12.0. The largest absolute Gasteiger partial charge is 0.386 e. The van der Waals surface area contributed by atoms with Crippen molar-refractivity contribution in [2.75, 3.05) is 0 Å². The molecule has 2 atom stereocenters. The third kappa shape index (κ3) is 4.01. The Hall–Kier alpha value is -2.36. The van der Waals surface area contributed by atoms with Crippen LogP contribution in [0.25, 0.3) is 11.1 Å². The average molecular weight is 339 g/mol. The molecular weight excluding hydrogens is 313 g/mol. The number of hydrogen-bond acceptors (Lipinski definition) is 3. The number of aromatic nitrogens is 1. The highest BCUT2D eigenvalue weighted by Gasteiger charge is 2.17. The molecule has 2 aromatic rings. The van der Waals surface area contributed by atoms with E-state index in [1.54, 1.807) is 6.07 Å². The molecule has 1 aliphatic heterocycles. The molecule has 1 aliphatic rings. The van der Waals surface area contributed by atoms with E-state index in [4.69, 9.17) is 0 Å². The molecule has 0 saturated heterocycles. The molecular formula is C21H26FN3. The van der Waals surface area contributed by atoms with E-state index in [0.29, 0.717) is 11.6 Å². The second-order valence-corrected chi connectivity index (χ2v) is 6.89. The van der Waals surface area contributed by atoms with Crippen LogP contribution in [0.15, 0.2) is 42.2 Å². The van der Waals surface area contributed by atoms with Crippen LogP contribution < -0.4 is 10.6 Å². The van der Waals surface area contributed by atoms with E-state index in [9.17, 15) is 4.39 Å². The number of hydrogen-bond donors (Lipinski definition) is 2. The predicted octanol–water partition coefficient (Wildman–Crippen LogP) is 4.77. The molecule has 0 aliphatic carbocycles. The van der Waals surface area contributed by atoms with Crippen molar-refractivity contribution in [3.8, 4) is 11.1 Å². The highest BCUT2D eigenvalue weighted by molar-refractivity contribution is 5.65. The molecule has 4 heteroatoms. The van der Waals surface area contributed by atoms with Crippen LogP contribution >= 0.6 is 0 Å². The van der Waals surface area contributed by atoms with Crippen LogP contribution in [0.4, 0.5) is 4.39 Å². The van der Waals surface area contributed by atoms with Gasteiger partial charge in [-0.05, 0) is 56.5 Å². The van der Waals surface area contributed by atoms with Crippen LogP contribution in [-0.2, 0) is 0 Å². The maximum Gasteiger partial charge on any atom is 0.131 e. The fourth-order valence-electron chi connectivity index (χ4n) is 3.35. The van der Waals surface area contributed by atoms with Gasteiger partial charge >= 0.3 is 0 Å². The molecule has 0 saturated carbocycles. The van der Waals surface area contributed by atoms with Crippen LogP contribution in [0, 0.1) is 19.7 Å². The van der Waals surface area contributed by atoms with Gasteiger partial charge in [0.2, 0.25) is 0 Å². The normalized spacial score (nSPS) is 17.8. The van der Waals surface area contributed by atoms with Crippen molar-refractivity contribution < 1.29 is 4.39 Å².